The first-order chi connectivity index (χ1) is 13.2. The van der Waals surface area contributed by atoms with Crippen LogP contribution in [0.25, 0.3) is 0 Å². The van der Waals surface area contributed by atoms with Gasteiger partial charge in [0, 0.05) is 63.7 Å². The molecule has 3 rings (SSSR count). The van der Waals surface area contributed by atoms with E-state index in [4.69, 9.17) is 9.47 Å². The van der Waals surface area contributed by atoms with Gasteiger partial charge in [0.05, 0.1) is 13.2 Å². The van der Waals surface area contributed by atoms with Crippen molar-refractivity contribution < 1.29 is 14.3 Å². The van der Waals surface area contributed by atoms with E-state index in [1.165, 1.54) is 0 Å². The Balaban J connectivity index is 1.47. The van der Waals surface area contributed by atoms with E-state index in [1.807, 2.05) is 23.7 Å². The van der Waals surface area contributed by atoms with Gasteiger partial charge >= 0.3 is 0 Å². The number of hydrogen-bond donors (Lipinski definition) is 1. The molecule has 0 bridgehead atoms. The molecule has 8 heteroatoms. The minimum atomic E-state index is 0.144. The normalized spacial score (nSPS) is 24.7. The lowest BCUT2D eigenvalue weighted by atomic mass is 9.95. The molecule has 1 amide bonds. The number of thioether (sulfide) groups is 1. The smallest absolute Gasteiger partial charge is 0.225 e. The number of likely N-dealkylation sites (tertiary alicyclic amines) is 1. The van der Waals surface area contributed by atoms with Crippen LogP contribution in [-0.2, 0) is 14.3 Å². The summed E-state index contributed by atoms with van der Waals surface area (Å²) in [5.74, 6) is 1.42. The summed E-state index contributed by atoms with van der Waals surface area (Å²) >= 11 is 1.94. The van der Waals surface area contributed by atoms with Crippen LogP contribution in [-0.4, -0.2) is 98.9 Å². The number of piperidine rings is 1. The summed E-state index contributed by atoms with van der Waals surface area (Å²) in [6.45, 7) is 7.19. The average Bonchev–Trinajstić information content (AvgIpc) is 2.75. The van der Waals surface area contributed by atoms with Crippen molar-refractivity contribution in [1.82, 2.24) is 15.1 Å². The minimum Gasteiger partial charge on any atom is -0.381 e. The highest BCUT2D eigenvalue weighted by Crippen LogP contribution is 2.33. The predicted molar refractivity (Wildman–Crippen MR) is 109 cm³/mol. The third-order valence-corrected chi connectivity index (χ3v) is 7.50. The number of carbonyl (C=O) groups is 1. The van der Waals surface area contributed by atoms with E-state index in [9.17, 15) is 4.79 Å². The molecule has 3 aliphatic heterocycles. The van der Waals surface area contributed by atoms with Crippen LogP contribution in [0.3, 0.4) is 0 Å². The van der Waals surface area contributed by atoms with Crippen LogP contribution >= 0.6 is 11.8 Å². The fourth-order valence-corrected chi connectivity index (χ4v) is 4.94. The zero-order valence-corrected chi connectivity index (χ0v) is 17.6. The Morgan fingerprint density at radius 3 is 2.30 bits per heavy atom. The van der Waals surface area contributed by atoms with E-state index in [2.05, 4.69) is 21.5 Å². The Hall–Kier alpha value is -0.990. The van der Waals surface area contributed by atoms with E-state index >= 15 is 0 Å². The fourth-order valence-electron chi connectivity index (χ4n) is 4.15. The molecule has 0 aromatic heterocycles. The zero-order chi connectivity index (χ0) is 19.1. The van der Waals surface area contributed by atoms with E-state index in [-0.39, 0.29) is 10.7 Å². The molecule has 0 unspecified atom stereocenters. The van der Waals surface area contributed by atoms with Crippen LogP contribution in [0.15, 0.2) is 4.99 Å². The van der Waals surface area contributed by atoms with Crippen molar-refractivity contribution in [3.63, 3.8) is 0 Å². The van der Waals surface area contributed by atoms with Crippen molar-refractivity contribution in [1.29, 1.82) is 0 Å². The van der Waals surface area contributed by atoms with Crippen LogP contribution in [0.1, 0.15) is 25.7 Å². The van der Waals surface area contributed by atoms with Crippen molar-refractivity contribution in [3.8, 4) is 0 Å². The van der Waals surface area contributed by atoms with Gasteiger partial charge in [-0.3, -0.25) is 9.79 Å². The van der Waals surface area contributed by atoms with Gasteiger partial charge in [-0.2, -0.15) is 11.8 Å². The molecule has 3 saturated heterocycles. The molecule has 7 nitrogen and oxygen atoms in total. The maximum atomic E-state index is 12.7. The third-order valence-electron chi connectivity index (χ3n) is 6.08. The molecule has 0 aliphatic carbocycles. The number of rotatable bonds is 4. The Kier molecular flexibility index (Phi) is 7.66. The quantitative estimate of drug-likeness (QED) is 0.564. The summed E-state index contributed by atoms with van der Waals surface area (Å²) in [6, 6.07) is 0. The number of aliphatic imine (C=N–C) groups is 1. The van der Waals surface area contributed by atoms with Gasteiger partial charge in [0.1, 0.15) is 0 Å². The van der Waals surface area contributed by atoms with Crippen molar-refractivity contribution in [2.45, 2.75) is 30.4 Å². The van der Waals surface area contributed by atoms with Gasteiger partial charge in [0.2, 0.25) is 5.91 Å². The van der Waals surface area contributed by atoms with Crippen LogP contribution in [0.2, 0.25) is 0 Å². The van der Waals surface area contributed by atoms with Crippen LogP contribution < -0.4 is 5.32 Å². The molecule has 1 N–H and O–H groups in total. The lowest BCUT2D eigenvalue weighted by molar-refractivity contribution is -0.140. The second-order valence-corrected chi connectivity index (χ2v) is 8.87. The Morgan fingerprint density at radius 2 is 1.70 bits per heavy atom. The molecule has 0 atom stereocenters. The highest BCUT2D eigenvalue weighted by Gasteiger charge is 2.34. The van der Waals surface area contributed by atoms with Gasteiger partial charge in [0.15, 0.2) is 5.96 Å². The number of ether oxygens (including phenoxy) is 2. The number of morpholine rings is 1. The van der Waals surface area contributed by atoms with E-state index < -0.39 is 0 Å². The summed E-state index contributed by atoms with van der Waals surface area (Å²) in [6.07, 6.45) is 6.15. The Labute approximate surface area is 167 Å². The predicted octanol–water partition coefficient (Wildman–Crippen LogP) is 1.04. The summed E-state index contributed by atoms with van der Waals surface area (Å²) in [4.78, 5) is 21.5. The highest BCUT2D eigenvalue weighted by atomic mass is 32.2. The van der Waals surface area contributed by atoms with Gasteiger partial charge in [-0.15, -0.1) is 0 Å². The molecule has 27 heavy (non-hydrogen) atoms. The summed E-state index contributed by atoms with van der Waals surface area (Å²) in [5, 5.41) is 3.60. The minimum absolute atomic E-state index is 0.144. The second-order valence-electron chi connectivity index (χ2n) is 7.60. The monoisotopic (exact) mass is 398 g/mol. The van der Waals surface area contributed by atoms with Crippen molar-refractivity contribution >= 4 is 23.6 Å². The van der Waals surface area contributed by atoms with Crippen molar-refractivity contribution in [3.05, 3.63) is 0 Å². The number of amides is 1. The van der Waals surface area contributed by atoms with Crippen molar-refractivity contribution in [2.24, 2.45) is 10.9 Å². The molecule has 3 aliphatic rings. The number of hydrogen-bond acceptors (Lipinski definition) is 5. The number of nitrogens with zero attached hydrogens (tertiary/aromatic N) is 3. The topological polar surface area (TPSA) is 66.4 Å². The molecule has 0 aromatic carbocycles. The standard InChI is InChI=1S/C19H34N4O3S/c1-20-18(21-15-19(27-2)5-11-25-12-6-19)23-7-3-16(4-8-23)17(24)22-9-13-26-14-10-22/h16H,3-15H2,1-2H3,(H,20,21). The molecule has 0 aromatic rings. The van der Waals surface area contributed by atoms with E-state index in [0.717, 1.165) is 77.6 Å². The Morgan fingerprint density at radius 1 is 1.07 bits per heavy atom. The maximum Gasteiger partial charge on any atom is 0.225 e. The molecular weight excluding hydrogens is 364 g/mol. The zero-order valence-electron chi connectivity index (χ0n) is 16.7. The second kappa shape index (κ2) is 9.98. The van der Waals surface area contributed by atoms with Crippen molar-refractivity contribution in [2.75, 3.05) is 72.5 Å². The summed E-state index contributed by atoms with van der Waals surface area (Å²) in [7, 11) is 1.85. The van der Waals surface area contributed by atoms with E-state index in [1.54, 1.807) is 0 Å². The molecule has 0 saturated carbocycles. The molecule has 3 heterocycles. The summed E-state index contributed by atoms with van der Waals surface area (Å²) in [5.41, 5.74) is 0. The fraction of sp³-hybridized carbons (Fsp3) is 0.895. The Bertz CT molecular complexity index is 511. The molecule has 0 radical (unpaired) electrons. The highest BCUT2D eigenvalue weighted by molar-refractivity contribution is 8.00. The van der Waals surface area contributed by atoms with E-state index in [0.29, 0.717) is 19.1 Å². The molecular formula is C19H34N4O3S. The molecule has 0 spiro atoms. The first kappa shape index (κ1) is 20.7. The number of carbonyl (C=O) groups excluding carboxylic acids is 1. The first-order valence-electron chi connectivity index (χ1n) is 10.1. The van der Waals surface area contributed by atoms with Gasteiger partial charge < -0.3 is 24.6 Å². The van der Waals surface area contributed by atoms with Crippen LogP contribution in [0, 0.1) is 5.92 Å². The van der Waals surface area contributed by atoms with Gasteiger partial charge in [-0.1, -0.05) is 0 Å². The molecule has 154 valence electrons. The lowest BCUT2D eigenvalue weighted by Gasteiger charge is -2.39. The largest absolute Gasteiger partial charge is 0.381 e. The average molecular weight is 399 g/mol. The van der Waals surface area contributed by atoms with Gasteiger partial charge in [-0.25, -0.2) is 0 Å². The van der Waals surface area contributed by atoms with Gasteiger partial charge in [-0.05, 0) is 31.9 Å². The SMILES string of the molecule is CN=C(NCC1(SC)CCOCC1)N1CCC(C(=O)N2CCOCC2)CC1. The summed E-state index contributed by atoms with van der Waals surface area (Å²) < 4.78 is 11.1. The van der Waals surface area contributed by atoms with Gasteiger partial charge in [0.25, 0.3) is 0 Å². The van der Waals surface area contributed by atoms with Crippen LogP contribution in [0.4, 0.5) is 0 Å². The number of guanidine groups is 1. The maximum absolute atomic E-state index is 12.7. The number of nitrogens with one attached hydrogen (secondary N) is 1. The van der Waals surface area contributed by atoms with Crippen LogP contribution in [0.5, 0.6) is 0 Å². The first-order valence-corrected chi connectivity index (χ1v) is 11.3. The lowest BCUT2D eigenvalue weighted by Crippen LogP contribution is -2.52. The molecule has 3 fully saturated rings. The third kappa shape index (κ3) is 5.29.